The third-order valence-corrected chi connectivity index (χ3v) is 4.77. The molecule has 1 aliphatic heterocycles. The number of nitrogens with zero attached hydrogens (tertiary/aromatic N) is 3. The van der Waals surface area contributed by atoms with Crippen molar-refractivity contribution in [3.05, 3.63) is 48.3 Å². The molecule has 0 bridgehead atoms. The normalized spacial score (nSPS) is 14.1. The van der Waals surface area contributed by atoms with Gasteiger partial charge in [-0.2, -0.15) is 0 Å². The van der Waals surface area contributed by atoms with Crippen LogP contribution in [0.15, 0.2) is 42.6 Å². The van der Waals surface area contributed by atoms with E-state index in [9.17, 15) is 4.79 Å². The van der Waals surface area contributed by atoms with E-state index in [1.807, 2.05) is 37.4 Å². The first-order chi connectivity index (χ1) is 13.2. The first-order valence-electron chi connectivity index (χ1n) is 9.59. The SMILES string of the molecule is CCCCN(C)c1ccc(C(=O)Nc2ccccc2N2CCOCC2)nc1. The van der Waals surface area contributed by atoms with Crippen LogP contribution in [0.4, 0.5) is 17.1 Å². The van der Waals surface area contributed by atoms with Crippen molar-refractivity contribution in [1.29, 1.82) is 0 Å². The quantitative estimate of drug-likeness (QED) is 0.812. The van der Waals surface area contributed by atoms with Gasteiger partial charge in [-0.15, -0.1) is 0 Å². The molecule has 1 fully saturated rings. The van der Waals surface area contributed by atoms with Crippen LogP contribution in [0.3, 0.4) is 0 Å². The van der Waals surface area contributed by atoms with Crippen LogP contribution in [0.25, 0.3) is 0 Å². The zero-order valence-corrected chi connectivity index (χ0v) is 16.1. The van der Waals surface area contributed by atoms with Crippen molar-refractivity contribution in [3.8, 4) is 0 Å². The van der Waals surface area contributed by atoms with Crippen molar-refractivity contribution in [3.63, 3.8) is 0 Å². The second-order valence-corrected chi connectivity index (χ2v) is 6.75. The van der Waals surface area contributed by atoms with Crippen molar-refractivity contribution < 1.29 is 9.53 Å². The van der Waals surface area contributed by atoms with E-state index in [1.165, 1.54) is 0 Å². The van der Waals surface area contributed by atoms with Gasteiger partial charge >= 0.3 is 0 Å². The average Bonchev–Trinajstić information content (AvgIpc) is 2.73. The molecule has 1 aromatic carbocycles. The van der Waals surface area contributed by atoms with Gasteiger partial charge in [0.15, 0.2) is 0 Å². The maximum Gasteiger partial charge on any atom is 0.274 e. The molecule has 0 spiro atoms. The van der Waals surface area contributed by atoms with Gasteiger partial charge in [0.1, 0.15) is 5.69 Å². The number of aromatic nitrogens is 1. The van der Waals surface area contributed by atoms with Crippen LogP contribution >= 0.6 is 0 Å². The Kier molecular flexibility index (Phi) is 6.65. The Labute approximate surface area is 161 Å². The molecule has 6 heteroatoms. The molecule has 1 amide bonds. The fourth-order valence-electron chi connectivity index (χ4n) is 3.12. The molecule has 0 saturated carbocycles. The van der Waals surface area contributed by atoms with Crippen LogP contribution in [0.5, 0.6) is 0 Å². The number of hydrogen-bond acceptors (Lipinski definition) is 5. The summed E-state index contributed by atoms with van der Waals surface area (Å²) < 4.78 is 5.42. The van der Waals surface area contributed by atoms with Gasteiger partial charge in [-0.05, 0) is 30.7 Å². The lowest BCUT2D eigenvalue weighted by Crippen LogP contribution is -2.36. The first kappa shape index (κ1) is 19.2. The van der Waals surface area contributed by atoms with Gasteiger partial charge in [0, 0.05) is 26.7 Å². The van der Waals surface area contributed by atoms with Crippen LogP contribution < -0.4 is 15.1 Å². The average molecular weight is 368 g/mol. The monoisotopic (exact) mass is 368 g/mol. The number of pyridine rings is 1. The fraction of sp³-hybridized carbons (Fsp3) is 0.429. The minimum absolute atomic E-state index is 0.196. The van der Waals surface area contributed by atoms with E-state index >= 15 is 0 Å². The van der Waals surface area contributed by atoms with Crippen molar-refractivity contribution >= 4 is 23.0 Å². The summed E-state index contributed by atoms with van der Waals surface area (Å²) in [5, 5.41) is 3.01. The number of anilines is 3. The maximum atomic E-state index is 12.7. The molecule has 1 aromatic heterocycles. The second kappa shape index (κ2) is 9.37. The Balaban J connectivity index is 1.69. The van der Waals surface area contributed by atoms with E-state index in [0.29, 0.717) is 18.9 Å². The molecule has 2 aromatic rings. The third-order valence-electron chi connectivity index (χ3n) is 4.77. The molecule has 2 heterocycles. The number of nitrogens with one attached hydrogen (secondary N) is 1. The Bertz CT molecular complexity index is 742. The topological polar surface area (TPSA) is 57.7 Å². The van der Waals surface area contributed by atoms with E-state index in [4.69, 9.17) is 4.74 Å². The largest absolute Gasteiger partial charge is 0.378 e. The Morgan fingerprint density at radius 2 is 2.00 bits per heavy atom. The van der Waals surface area contributed by atoms with Crippen molar-refractivity contribution in [2.24, 2.45) is 0 Å². The number of para-hydroxylation sites is 2. The molecule has 0 atom stereocenters. The predicted octanol–water partition coefficient (Wildman–Crippen LogP) is 3.41. The minimum atomic E-state index is -0.196. The number of ether oxygens (including phenoxy) is 1. The highest BCUT2D eigenvalue weighted by Crippen LogP contribution is 2.26. The van der Waals surface area contributed by atoms with Crippen LogP contribution in [0.1, 0.15) is 30.3 Å². The zero-order valence-electron chi connectivity index (χ0n) is 16.1. The van der Waals surface area contributed by atoms with E-state index in [2.05, 4.69) is 27.0 Å². The molecule has 1 aliphatic rings. The standard InChI is InChI=1S/C21H28N4O2/c1-3-4-11-24(2)17-9-10-19(22-16-17)21(26)23-18-7-5-6-8-20(18)25-12-14-27-15-13-25/h5-10,16H,3-4,11-15H2,1-2H3,(H,23,26). The van der Waals surface area contributed by atoms with Crippen molar-refractivity contribution in [2.45, 2.75) is 19.8 Å². The molecular weight excluding hydrogens is 340 g/mol. The molecule has 1 saturated heterocycles. The molecule has 0 radical (unpaired) electrons. The smallest absolute Gasteiger partial charge is 0.274 e. The number of unbranched alkanes of at least 4 members (excludes halogenated alkanes) is 1. The van der Waals surface area contributed by atoms with Gasteiger partial charge in [-0.25, -0.2) is 4.98 Å². The third kappa shape index (κ3) is 4.98. The number of benzene rings is 1. The van der Waals surface area contributed by atoms with Gasteiger partial charge in [0.2, 0.25) is 0 Å². The number of hydrogen-bond donors (Lipinski definition) is 1. The van der Waals surface area contributed by atoms with Gasteiger partial charge < -0.3 is 19.9 Å². The molecule has 3 rings (SSSR count). The molecule has 1 N–H and O–H groups in total. The highest BCUT2D eigenvalue weighted by atomic mass is 16.5. The van der Waals surface area contributed by atoms with Crippen molar-refractivity contribution in [1.82, 2.24) is 4.98 Å². The van der Waals surface area contributed by atoms with E-state index in [-0.39, 0.29) is 5.91 Å². The van der Waals surface area contributed by atoms with Crippen molar-refractivity contribution in [2.75, 3.05) is 55.0 Å². The summed E-state index contributed by atoms with van der Waals surface area (Å²) in [5.74, 6) is -0.196. The lowest BCUT2D eigenvalue weighted by Gasteiger charge is -2.30. The summed E-state index contributed by atoms with van der Waals surface area (Å²) in [4.78, 5) is 21.4. The number of morpholine rings is 1. The first-order valence-corrected chi connectivity index (χ1v) is 9.59. The Morgan fingerprint density at radius 1 is 1.22 bits per heavy atom. The summed E-state index contributed by atoms with van der Waals surface area (Å²) in [6.07, 6.45) is 4.05. The highest BCUT2D eigenvalue weighted by molar-refractivity contribution is 6.04. The lowest BCUT2D eigenvalue weighted by molar-refractivity contribution is 0.102. The van der Waals surface area contributed by atoms with Gasteiger partial charge in [-0.3, -0.25) is 4.79 Å². The summed E-state index contributed by atoms with van der Waals surface area (Å²) in [6, 6.07) is 11.6. The Hall–Kier alpha value is -2.60. The van der Waals surface area contributed by atoms with Gasteiger partial charge in [0.05, 0.1) is 36.5 Å². The molecule has 27 heavy (non-hydrogen) atoms. The zero-order chi connectivity index (χ0) is 19.1. The van der Waals surface area contributed by atoms with E-state index < -0.39 is 0 Å². The number of carbonyl (C=O) groups is 1. The maximum absolute atomic E-state index is 12.7. The van der Waals surface area contributed by atoms with Crippen LogP contribution in [-0.2, 0) is 4.74 Å². The van der Waals surface area contributed by atoms with E-state index in [1.54, 1.807) is 12.3 Å². The fourth-order valence-corrected chi connectivity index (χ4v) is 3.12. The molecule has 6 nitrogen and oxygen atoms in total. The molecule has 144 valence electrons. The Morgan fingerprint density at radius 3 is 2.70 bits per heavy atom. The van der Waals surface area contributed by atoms with Crippen LogP contribution in [-0.4, -0.2) is 50.8 Å². The van der Waals surface area contributed by atoms with Gasteiger partial charge in [-0.1, -0.05) is 25.5 Å². The van der Waals surface area contributed by atoms with Crippen LogP contribution in [0, 0.1) is 0 Å². The lowest BCUT2D eigenvalue weighted by atomic mass is 10.2. The molecule has 0 aliphatic carbocycles. The van der Waals surface area contributed by atoms with E-state index in [0.717, 1.165) is 49.5 Å². The second-order valence-electron chi connectivity index (χ2n) is 6.75. The predicted molar refractivity (Wildman–Crippen MR) is 110 cm³/mol. The summed E-state index contributed by atoms with van der Waals surface area (Å²) in [7, 11) is 2.05. The minimum Gasteiger partial charge on any atom is -0.378 e. The molecular formula is C21H28N4O2. The number of amides is 1. The van der Waals surface area contributed by atoms with Gasteiger partial charge in [0.25, 0.3) is 5.91 Å². The van der Waals surface area contributed by atoms with Crippen LogP contribution in [0.2, 0.25) is 0 Å². The number of carbonyl (C=O) groups excluding carboxylic acids is 1. The summed E-state index contributed by atoms with van der Waals surface area (Å²) >= 11 is 0. The molecule has 0 unspecified atom stereocenters. The number of rotatable bonds is 7. The summed E-state index contributed by atoms with van der Waals surface area (Å²) in [5.41, 5.74) is 3.26. The summed E-state index contributed by atoms with van der Waals surface area (Å²) in [6.45, 7) is 6.21. The highest BCUT2D eigenvalue weighted by Gasteiger charge is 2.17.